The van der Waals surface area contributed by atoms with Crippen LogP contribution in [0.15, 0.2) is 24.3 Å². The predicted molar refractivity (Wildman–Crippen MR) is 79.8 cm³/mol. The summed E-state index contributed by atoms with van der Waals surface area (Å²) < 4.78 is 10.1. The zero-order valence-electron chi connectivity index (χ0n) is 12.3. The third-order valence-corrected chi connectivity index (χ3v) is 2.76. The van der Waals surface area contributed by atoms with Crippen molar-refractivity contribution in [3.8, 4) is 0 Å². The molecule has 0 aliphatic carbocycles. The number of para-hydroxylation sites is 1. The molecule has 1 amide bonds. The van der Waals surface area contributed by atoms with Gasteiger partial charge in [-0.15, -0.1) is 0 Å². The van der Waals surface area contributed by atoms with E-state index < -0.39 is 0 Å². The monoisotopic (exact) mass is 280 g/mol. The van der Waals surface area contributed by atoms with Crippen LogP contribution in [0.1, 0.15) is 18.9 Å². The lowest BCUT2D eigenvalue weighted by Gasteiger charge is -2.11. The molecular weight excluding hydrogens is 256 g/mol. The molecule has 20 heavy (non-hydrogen) atoms. The molecule has 0 atom stereocenters. The third kappa shape index (κ3) is 6.65. The minimum absolute atomic E-state index is 0.0358. The van der Waals surface area contributed by atoms with Gasteiger partial charge in [-0.05, 0) is 18.2 Å². The first-order valence-corrected chi connectivity index (χ1v) is 6.93. The molecule has 1 aromatic carbocycles. The number of nitrogens with one attached hydrogen (secondary N) is 2. The van der Waals surface area contributed by atoms with E-state index in [1.165, 1.54) is 0 Å². The van der Waals surface area contributed by atoms with Gasteiger partial charge in [-0.3, -0.25) is 4.79 Å². The highest BCUT2D eigenvalue weighted by Crippen LogP contribution is 2.14. The lowest BCUT2D eigenvalue weighted by atomic mass is 10.1. The summed E-state index contributed by atoms with van der Waals surface area (Å²) in [6.45, 7) is 5.17. The second-order valence-corrected chi connectivity index (χ2v) is 4.34. The Bertz CT molecular complexity index is 396. The smallest absolute Gasteiger partial charge is 0.226 e. The summed E-state index contributed by atoms with van der Waals surface area (Å²) in [6, 6.07) is 7.81. The van der Waals surface area contributed by atoms with Crippen molar-refractivity contribution in [2.24, 2.45) is 0 Å². The van der Waals surface area contributed by atoms with Crippen LogP contribution in [0.2, 0.25) is 0 Å². The topological polar surface area (TPSA) is 59.6 Å². The second kappa shape index (κ2) is 10.4. The lowest BCUT2D eigenvalue weighted by molar-refractivity contribution is -0.117. The predicted octanol–water partition coefficient (Wildman–Crippen LogP) is 1.79. The molecule has 0 aliphatic rings. The van der Waals surface area contributed by atoms with Crippen molar-refractivity contribution < 1.29 is 14.3 Å². The summed E-state index contributed by atoms with van der Waals surface area (Å²) >= 11 is 0. The molecule has 0 heterocycles. The van der Waals surface area contributed by atoms with Crippen LogP contribution in [0.5, 0.6) is 0 Å². The molecule has 0 spiro atoms. The molecule has 0 aliphatic heterocycles. The van der Waals surface area contributed by atoms with Gasteiger partial charge in [0.2, 0.25) is 5.91 Å². The van der Waals surface area contributed by atoms with Gasteiger partial charge < -0.3 is 20.1 Å². The van der Waals surface area contributed by atoms with Gasteiger partial charge in [0.05, 0.1) is 26.2 Å². The maximum Gasteiger partial charge on any atom is 0.226 e. The quantitative estimate of drug-likeness (QED) is 0.642. The molecule has 0 aromatic heterocycles. The van der Waals surface area contributed by atoms with Crippen LogP contribution < -0.4 is 10.6 Å². The molecule has 0 radical (unpaired) electrons. The zero-order valence-corrected chi connectivity index (χ0v) is 12.3. The van der Waals surface area contributed by atoms with Gasteiger partial charge >= 0.3 is 0 Å². The zero-order chi connectivity index (χ0) is 14.6. The Labute approximate surface area is 120 Å². The van der Waals surface area contributed by atoms with E-state index in [1.807, 2.05) is 24.3 Å². The van der Waals surface area contributed by atoms with Crippen LogP contribution in [0.3, 0.4) is 0 Å². The van der Waals surface area contributed by atoms with Crippen molar-refractivity contribution in [1.82, 2.24) is 5.32 Å². The van der Waals surface area contributed by atoms with Gasteiger partial charge in [0.25, 0.3) is 0 Å². The van der Waals surface area contributed by atoms with E-state index in [9.17, 15) is 4.79 Å². The van der Waals surface area contributed by atoms with Crippen molar-refractivity contribution in [2.45, 2.75) is 19.9 Å². The first-order chi connectivity index (χ1) is 9.77. The van der Waals surface area contributed by atoms with Crippen LogP contribution in [-0.4, -0.2) is 39.4 Å². The molecule has 0 saturated carbocycles. The minimum atomic E-state index is -0.0358. The van der Waals surface area contributed by atoms with Gasteiger partial charge in [-0.25, -0.2) is 0 Å². The van der Waals surface area contributed by atoms with E-state index in [4.69, 9.17) is 9.47 Å². The molecular formula is C15H24N2O3. The summed E-state index contributed by atoms with van der Waals surface area (Å²) in [5, 5.41) is 6.17. The molecule has 5 nitrogen and oxygen atoms in total. The van der Waals surface area contributed by atoms with Gasteiger partial charge in [0.15, 0.2) is 0 Å². The SMILES string of the molecule is CCNCc1ccccc1NC(=O)CCOCCOC. The number of anilines is 1. The van der Waals surface area contributed by atoms with Gasteiger partial charge in [-0.1, -0.05) is 25.1 Å². The van der Waals surface area contributed by atoms with E-state index in [0.717, 1.165) is 24.3 Å². The highest BCUT2D eigenvalue weighted by molar-refractivity contribution is 5.91. The van der Waals surface area contributed by atoms with E-state index in [2.05, 4.69) is 17.6 Å². The highest BCUT2D eigenvalue weighted by atomic mass is 16.5. The average Bonchev–Trinajstić information content (AvgIpc) is 2.46. The first kappa shape index (κ1) is 16.6. The number of amides is 1. The fraction of sp³-hybridized carbons (Fsp3) is 0.533. The summed E-state index contributed by atoms with van der Waals surface area (Å²) in [6.07, 6.45) is 0.346. The number of hydrogen-bond acceptors (Lipinski definition) is 4. The van der Waals surface area contributed by atoms with Crippen molar-refractivity contribution in [1.29, 1.82) is 0 Å². The Kier molecular flexibility index (Phi) is 8.62. The average molecular weight is 280 g/mol. The fourth-order valence-corrected chi connectivity index (χ4v) is 1.68. The van der Waals surface area contributed by atoms with E-state index in [0.29, 0.717) is 26.2 Å². The second-order valence-electron chi connectivity index (χ2n) is 4.34. The minimum Gasteiger partial charge on any atom is -0.382 e. The Morgan fingerprint density at radius 3 is 2.75 bits per heavy atom. The number of carbonyl (C=O) groups excluding carboxylic acids is 1. The lowest BCUT2D eigenvalue weighted by Crippen LogP contribution is -2.18. The normalized spacial score (nSPS) is 10.5. The molecule has 5 heteroatoms. The van der Waals surface area contributed by atoms with E-state index in [1.54, 1.807) is 7.11 Å². The molecule has 1 rings (SSSR count). The van der Waals surface area contributed by atoms with Crippen molar-refractivity contribution in [3.63, 3.8) is 0 Å². The Morgan fingerprint density at radius 1 is 1.20 bits per heavy atom. The Balaban J connectivity index is 2.37. The first-order valence-electron chi connectivity index (χ1n) is 6.93. The molecule has 0 fully saturated rings. The fourth-order valence-electron chi connectivity index (χ4n) is 1.68. The van der Waals surface area contributed by atoms with Crippen LogP contribution >= 0.6 is 0 Å². The van der Waals surface area contributed by atoms with Crippen LogP contribution in [-0.2, 0) is 20.8 Å². The number of carbonyl (C=O) groups is 1. The summed E-state index contributed by atoms with van der Waals surface area (Å²) in [4.78, 5) is 11.8. The van der Waals surface area contributed by atoms with Crippen LogP contribution in [0.25, 0.3) is 0 Å². The van der Waals surface area contributed by atoms with E-state index >= 15 is 0 Å². The Morgan fingerprint density at radius 2 is 2.00 bits per heavy atom. The standard InChI is InChI=1S/C15H24N2O3/c1-3-16-12-13-6-4-5-7-14(13)17-15(18)8-9-20-11-10-19-2/h4-7,16H,3,8-12H2,1-2H3,(H,17,18). The van der Waals surface area contributed by atoms with E-state index in [-0.39, 0.29) is 5.91 Å². The largest absolute Gasteiger partial charge is 0.382 e. The van der Waals surface area contributed by atoms with Gasteiger partial charge in [0.1, 0.15) is 0 Å². The van der Waals surface area contributed by atoms with Gasteiger partial charge in [0, 0.05) is 19.3 Å². The van der Waals surface area contributed by atoms with Crippen molar-refractivity contribution in [2.75, 3.05) is 38.8 Å². The number of benzene rings is 1. The Hall–Kier alpha value is -1.43. The van der Waals surface area contributed by atoms with Crippen LogP contribution in [0.4, 0.5) is 5.69 Å². The van der Waals surface area contributed by atoms with Crippen molar-refractivity contribution >= 4 is 11.6 Å². The molecule has 112 valence electrons. The van der Waals surface area contributed by atoms with Crippen molar-refractivity contribution in [3.05, 3.63) is 29.8 Å². The summed E-state index contributed by atoms with van der Waals surface area (Å²) in [5.41, 5.74) is 1.94. The molecule has 0 unspecified atom stereocenters. The highest BCUT2D eigenvalue weighted by Gasteiger charge is 2.06. The number of ether oxygens (including phenoxy) is 2. The maximum atomic E-state index is 11.8. The number of methoxy groups -OCH3 is 1. The number of hydrogen-bond donors (Lipinski definition) is 2. The van der Waals surface area contributed by atoms with Crippen LogP contribution in [0, 0.1) is 0 Å². The van der Waals surface area contributed by atoms with Gasteiger partial charge in [-0.2, -0.15) is 0 Å². The maximum absolute atomic E-state index is 11.8. The summed E-state index contributed by atoms with van der Waals surface area (Å²) in [7, 11) is 1.62. The molecule has 1 aromatic rings. The molecule has 0 saturated heterocycles. The molecule has 2 N–H and O–H groups in total. The number of rotatable bonds is 10. The molecule has 0 bridgehead atoms. The summed E-state index contributed by atoms with van der Waals surface area (Å²) in [5.74, 6) is -0.0358. The third-order valence-electron chi connectivity index (χ3n) is 2.76.